The average molecular weight is 222 g/mol. The number of rotatable bonds is 8. The Morgan fingerprint density at radius 2 is 1.40 bits per heavy atom. The van der Waals surface area contributed by atoms with E-state index in [-0.39, 0.29) is 0 Å². The van der Waals surface area contributed by atoms with Gasteiger partial charge in [-0.15, -0.1) is 0 Å². The van der Waals surface area contributed by atoms with Crippen molar-refractivity contribution in [2.75, 3.05) is 6.61 Å². The highest BCUT2D eigenvalue weighted by Gasteiger charge is 2.29. The molecule has 92 valence electrons. The lowest BCUT2D eigenvalue weighted by molar-refractivity contribution is -0.116. The Morgan fingerprint density at radius 3 is 1.87 bits per heavy atom. The van der Waals surface area contributed by atoms with Crippen LogP contribution in [0.25, 0.3) is 0 Å². The fraction of sp³-hybridized carbons (Fsp3) is 1.00. The molecule has 0 aromatic carbocycles. The van der Waals surface area contributed by atoms with E-state index in [0.29, 0.717) is 6.42 Å². The minimum absolute atomic E-state index is 0.379. The van der Waals surface area contributed by atoms with Crippen LogP contribution in [-0.4, -0.2) is 56.6 Å². The monoisotopic (exact) mass is 222 g/mol. The van der Waals surface area contributed by atoms with Crippen molar-refractivity contribution >= 4 is 0 Å². The molecule has 0 aliphatic rings. The van der Waals surface area contributed by atoms with Crippen molar-refractivity contribution in [2.24, 2.45) is 0 Å². The highest BCUT2D eigenvalue weighted by molar-refractivity contribution is 4.80. The van der Waals surface area contributed by atoms with Crippen molar-refractivity contribution in [1.29, 1.82) is 0 Å². The average Bonchev–Trinajstić information content (AvgIpc) is 2.26. The van der Waals surface area contributed by atoms with Gasteiger partial charge in [-0.05, 0) is 6.42 Å². The molecule has 0 fully saturated rings. The zero-order chi connectivity index (χ0) is 11.8. The molecule has 5 heteroatoms. The second-order valence-corrected chi connectivity index (χ2v) is 3.79. The molecular weight excluding hydrogens is 200 g/mol. The molecule has 0 aliphatic carbocycles. The summed E-state index contributed by atoms with van der Waals surface area (Å²) < 4.78 is 0. The molecule has 4 atom stereocenters. The SMILES string of the molecule is CCCCC[C@H](O)[C@@H](O)[C@@H](O)[C@H](O)CO. The molecule has 0 spiro atoms. The van der Waals surface area contributed by atoms with Gasteiger partial charge in [-0.1, -0.05) is 26.2 Å². The number of aliphatic hydroxyl groups is 5. The molecule has 15 heavy (non-hydrogen) atoms. The van der Waals surface area contributed by atoms with E-state index in [9.17, 15) is 15.3 Å². The van der Waals surface area contributed by atoms with Gasteiger partial charge in [-0.25, -0.2) is 0 Å². The van der Waals surface area contributed by atoms with Gasteiger partial charge in [-0.2, -0.15) is 0 Å². The third-order valence-electron chi connectivity index (χ3n) is 2.43. The molecular formula is C10H22O5. The van der Waals surface area contributed by atoms with Crippen LogP contribution in [0.1, 0.15) is 32.6 Å². The van der Waals surface area contributed by atoms with E-state index in [1.165, 1.54) is 0 Å². The topological polar surface area (TPSA) is 101 Å². The van der Waals surface area contributed by atoms with Crippen LogP contribution in [0.4, 0.5) is 0 Å². The lowest BCUT2D eigenvalue weighted by atomic mass is 9.99. The Labute approximate surface area is 90.0 Å². The summed E-state index contributed by atoms with van der Waals surface area (Å²) in [5.74, 6) is 0. The summed E-state index contributed by atoms with van der Waals surface area (Å²) in [7, 11) is 0. The first-order chi connectivity index (χ1) is 7.04. The molecule has 0 aromatic rings. The van der Waals surface area contributed by atoms with Crippen LogP contribution in [-0.2, 0) is 0 Å². The van der Waals surface area contributed by atoms with Crippen molar-refractivity contribution in [3.63, 3.8) is 0 Å². The van der Waals surface area contributed by atoms with Crippen LogP contribution in [0.2, 0.25) is 0 Å². The standard InChI is InChI=1S/C10H22O5/c1-2-3-4-5-7(12)9(14)10(15)8(13)6-11/h7-15H,2-6H2,1H3/t7-,8+,9+,10-/m0/s1. The van der Waals surface area contributed by atoms with Crippen LogP contribution in [0.5, 0.6) is 0 Å². The van der Waals surface area contributed by atoms with E-state index in [1.54, 1.807) is 0 Å². The highest BCUT2D eigenvalue weighted by Crippen LogP contribution is 2.11. The number of unbranched alkanes of at least 4 members (excludes halogenated alkanes) is 2. The number of hydrogen-bond acceptors (Lipinski definition) is 5. The van der Waals surface area contributed by atoms with Crippen LogP contribution in [0.15, 0.2) is 0 Å². The third-order valence-corrected chi connectivity index (χ3v) is 2.43. The third kappa shape index (κ3) is 5.44. The van der Waals surface area contributed by atoms with Gasteiger partial charge in [0.1, 0.15) is 18.3 Å². The molecule has 0 radical (unpaired) electrons. The summed E-state index contributed by atoms with van der Waals surface area (Å²) in [4.78, 5) is 0. The Hall–Kier alpha value is -0.200. The van der Waals surface area contributed by atoms with Crippen LogP contribution >= 0.6 is 0 Å². The fourth-order valence-electron chi connectivity index (χ4n) is 1.34. The maximum atomic E-state index is 9.46. The summed E-state index contributed by atoms with van der Waals surface area (Å²) in [6.45, 7) is 1.38. The fourth-order valence-corrected chi connectivity index (χ4v) is 1.34. The van der Waals surface area contributed by atoms with Gasteiger partial charge >= 0.3 is 0 Å². The first-order valence-electron chi connectivity index (χ1n) is 5.37. The molecule has 5 nitrogen and oxygen atoms in total. The van der Waals surface area contributed by atoms with Gasteiger partial charge in [-0.3, -0.25) is 0 Å². The molecule has 0 unspecified atom stereocenters. The van der Waals surface area contributed by atoms with Crippen molar-refractivity contribution in [3.8, 4) is 0 Å². The summed E-state index contributed by atoms with van der Waals surface area (Å²) >= 11 is 0. The quantitative estimate of drug-likeness (QED) is 0.339. The van der Waals surface area contributed by atoms with Crippen molar-refractivity contribution in [3.05, 3.63) is 0 Å². The Kier molecular flexibility index (Phi) is 7.90. The minimum Gasteiger partial charge on any atom is -0.394 e. The van der Waals surface area contributed by atoms with Gasteiger partial charge < -0.3 is 25.5 Å². The Balaban J connectivity index is 3.90. The largest absolute Gasteiger partial charge is 0.394 e. The molecule has 0 saturated carbocycles. The van der Waals surface area contributed by atoms with E-state index in [2.05, 4.69) is 0 Å². The molecule has 0 amide bonds. The number of aliphatic hydroxyl groups excluding tert-OH is 5. The molecule has 5 N–H and O–H groups in total. The smallest absolute Gasteiger partial charge is 0.110 e. The van der Waals surface area contributed by atoms with Crippen LogP contribution < -0.4 is 0 Å². The molecule has 0 heterocycles. The van der Waals surface area contributed by atoms with Crippen LogP contribution in [0, 0.1) is 0 Å². The lowest BCUT2D eigenvalue weighted by Crippen LogP contribution is -2.45. The summed E-state index contributed by atoms with van der Waals surface area (Å²) in [5, 5.41) is 45.8. The van der Waals surface area contributed by atoms with Crippen molar-refractivity contribution < 1.29 is 25.5 Å². The van der Waals surface area contributed by atoms with Gasteiger partial charge in [0.2, 0.25) is 0 Å². The molecule has 0 aromatic heterocycles. The predicted molar refractivity (Wildman–Crippen MR) is 55.3 cm³/mol. The molecule has 0 aliphatic heterocycles. The second-order valence-electron chi connectivity index (χ2n) is 3.79. The zero-order valence-electron chi connectivity index (χ0n) is 9.08. The second kappa shape index (κ2) is 8.01. The first-order valence-corrected chi connectivity index (χ1v) is 5.37. The van der Waals surface area contributed by atoms with Gasteiger partial charge in [0.05, 0.1) is 12.7 Å². The summed E-state index contributed by atoms with van der Waals surface area (Å²) in [6.07, 6.45) is -2.31. The van der Waals surface area contributed by atoms with E-state index in [1.807, 2.05) is 6.92 Å². The van der Waals surface area contributed by atoms with Gasteiger partial charge in [0.25, 0.3) is 0 Å². The Bertz CT molecular complexity index is 153. The lowest BCUT2D eigenvalue weighted by Gasteiger charge is -2.25. The molecule has 0 saturated heterocycles. The normalized spacial score (nSPS) is 19.6. The maximum Gasteiger partial charge on any atom is 0.110 e. The number of hydrogen-bond donors (Lipinski definition) is 5. The van der Waals surface area contributed by atoms with E-state index >= 15 is 0 Å². The first kappa shape index (κ1) is 14.8. The minimum atomic E-state index is -1.51. The van der Waals surface area contributed by atoms with Crippen molar-refractivity contribution in [2.45, 2.75) is 57.0 Å². The maximum absolute atomic E-state index is 9.46. The van der Waals surface area contributed by atoms with E-state index in [4.69, 9.17) is 10.2 Å². The molecule has 0 bridgehead atoms. The molecule has 0 rings (SSSR count). The van der Waals surface area contributed by atoms with Crippen molar-refractivity contribution in [1.82, 2.24) is 0 Å². The van der Waals surface area contributed by atoms with E-state index in [0.717, 1.165) is 19.3 Å². The van der Waals surface area contributed by atoms with E-state index < -0.39 is 31.0 Å². The summed E-state index contributed by atoms with van der Waals surface area (Å²) in [5.41, 5.74) is 0. The van der Waals surface area contributed by atoms with Gasteiger partial charge in [0.15, 0.2) is 0 Å². The highest BCUT2D eigenvalue weighted by atomic mass is 16.4. The van der Waals surface area contributed by atoms with Gasteiger partial charge in [0, 0.05) is 0 Å². The summed E-state index contributed by atoms with van der Waals surface area (Å²) in [6, 6.07) is 0. The predicted octanol–water partition coefficient (Wildman–Crippen LogP) is -0.997. The van der Waals surface area contributed by atoms with Crippen LogP contribution in [0.3, 0.4) is 0 Å². The Morgan fingerprint density at radius 1 is 0.867 bits per heavy atom. The zero-order valence-corrected chi connectivity index (χ0v) is 9.08.